The van der Waals surface area contributed by atoms with Crippen LogP contribution in [-0.2, 0) is 0 Å². The summed E-state index contributed by atoms with van der Waals surface area (Å²) in [5.41, 5.74) is 1.27. The minimum atomic E-state index is -0.323. The largest absolute Gasteiger partial charge is 0.442 e. The van der Waals surface area contributed by atoms with Crippen molar-refractivity contribution in [3.63, 3.8) is 0 Å². The zero-order valence-corrected chi connectivity index (χ0v) is 13.5. The Morgan fingerprint density at radius 3 is 2.80 bits per heavy atom. The summed E-state index contributed by atoms with van der Waals surface area (Å²) in [5, 5.41) is 13.9. The fourth-order valence-corrected chi connectivity index (χ4v) is 3.02. The van der Waals surface area contributed by atoms with Crippen LogP contribution in [0, 0.1) is 11.3 Å². The number of piperazine rings is 1. The van der Waals surface area contributed by atoms with E-state index < -0.39 is 0 Å². The number of aromatic nitrogens is 4. The highest BCUT2D eigenvalue weighted by Crippen LogP contribution is 2.25. The standard InChI is InChI=1S/C16H16FN7O/c17-2-4-22-5-7-23(8-6-22)14-1-3-24-16(20-14)12(9-18)15(21-24)13-10-19-11-25-13/h1,3,10-11H,2,4-8H2. The third-order valence-corrected chi connectivity index (χ3v) is 4.34. The first-order valence-electron chi connectivity index (χ1n) is 8.02. The van der Waals surface area contributed by atoms with Crippen molar-refractivity contribution in [2.75, 3.05) is 44.3 Å². The summed E-state index contributed by atoms with van der Waals surface area (Å²) >= 11 is 0. The molecular weight excluding hydrogens is 325 g/mol. The number of rotatable bonds is 4. The Morgan fingerprint density at radius 2 is 2.12 bits per heavy atom. The number of nitrogens with zero attached hydrogens (tertiary/aromatic N) is 7. The molecule has 1 fully saturated rings. The number of fused-ring (bicyclic) bond motifs is 1. The third kappa shape index (κ3) is 2.81. The number of anilines is 1. The maximum Gasteiger partial charge on any atom is 0.181 e. The first-order chi connectivity index (χ1) is 12.3. The Kier molecular flexibility index (Phi) is 4.03. The first kappa shape index (κ1) is 15.5. The third-order valence-electron chi connectivity index (χ3n) is 4.34. The molecule has 3 aromatic heterocycles. The van der Waals surface area contributed by atoms with Gasteiger partial charge in [-0.1, -0.05) is 0 Å². The molecule has 8 nitrogen and oxygen atoms in total. The van der Waals surface area contributed by atoms with E-state index in [4.69, 9.17) is 4.42 Å². The van der Waals surface area contributed by atoms with Gasteiger partial charge in [-0.15, -0.1) is 0 Å². The quantitative estimate of drug-likeness (QED) is 0.708. The smallest absolute Gasteiger partial charge is 0.181 e. The number of nitriles is 1. The van der Waals surface area contributed by atoms with Crippen LogP contribution < -0.4 is 4.90 Å². The van der Waals surface area contributed by atoms with Crippen molar-refractivity contribution in [1.82, 2.24) is 24.5 Å². The lowest BCUT2D eigenvalue weighted by Gasteiger charge is -2.34. The monoisotopic (exact) mass is 341 g/mol. The molecule has 128 valence electrons. The van der Waals surface area contributed by atoms with E-state index in [9.17, 15) is 9.65 Å². The Morgan fingerprint density at radius 1 is 1.28 bits per heavy atom. The number of alkyl halides is 1. The van der Waals surface area contributed by atoms with Crippen LogP contribution >= 0.6 is 0 Å². The zero-order valence-electron chi connectivity index (χ0n) is 13.5. The first-order valence-corrected chi connectivity index (χ1v) is 8.02. The summed E-state index contributed by atoms with van der Waals surface area (Å²) in [6.45, 7) is 3.29. The van der Waals surface area contributed by atoms with E-state index in [1.165, 1.54) is 12.6 Å². The summed E-state index contributed by atoms with van der Waals surface area (Å²) in [7, 11) is 0. The molecule has 0 amide bonds. The van der Waals surface area contributed by atoms with Crippen molar-refractivity contribution in [1.29, 1.82) is 5.26 Å². The Hall–Kier alpha value is -2.99. The van der Waals surface area contributed by atoms with Crippen molar-refractivity contribution in [2.45, 2.75) is 0 Å². The van der Waals surface area contributed by atoms with Gasteiger partial charge in [0, 0.05) is 38.9 Å². The van der Waals surface area contributed by atoms with E-state index in [1.807, 2.05) is 6.07 Å². The number of hydrogen-bond acceptors (Lipinski definition) is 7. The Labute approximate surface area is 143 Å². The molecule has 0 spiro atoms. The molecule has 25 heavy (non-hydrogen) atoms. The average molecular weight is 341 g/mol. The SMILES string of the molecule is N#Cc1c(-c2cnco2)nn2ccc(N3CCN(CCF)CC3)nc12. The topological polar surface area (TPSA) is 86.5 Å². The Bertz CT molecular complexity index is 907. The van der Waals surface area contributed by atoms with Gasteiger partial charge in [-0.2, -0.15) is 10.4 Å². The summed E-state index contributed by atoms with van der Waals surface area (Å²) in [6.07, 6.45) is 4.61. The van der Waals surface area contributed by atoms with Crippen LogP contribution in [0.15, 0.2) is 29.3 Å². The van der Waals surface area contributed by atoms with Crippen LogP contribution in [0.3, 0.4) is 0 Å². The second-order valence-corrected chi connectivity index (χ2v) is 5.77. The maximum atomic E-state index is 12.5. The van der Waals surface area contributed by atoms with Gasteiger partial charge in [0.25, 0.3) is 0 Å². The van der Waals surface area contributed by atoms with Crippen LogP contribution in [0.4, 0.5) is 10.2 Å². The molecule has 3 aromatic rings. The summed E-state index contributed by atoms with van der Waals surface area (Å²) < 4.78 is 19.3. The number of oxazole rings is 1. The van der Waals surface area contributed by atoms with Gasteiger partial charge in [0.05, 0.1) is 6.20 Å². The molecule has 0 unspecified atom stereocenters. The maximum absolute atomic E-state index is 12.5. The van der Waals surface area contributed by atoms with E-state index in [0.717, 1.165) is 32.0 Å². The van der Waals surface area contributed by atoms with Crippen molar-refractivity contribution in [3.8, 4) is 17.5 Å². The van der Waals surface area contributed by atoms with Crippen molar-refractivity contribution in [3.05, 3.63) is 30.4 Å². The highest BCUT2D eigenvalue weighted by molar-refractivity contribution is 5.72. The van der Waals surface area contributed by atoms with E-state index >= 15 is 0 Å². The lowest BCUT2D eigenvalue weighted by atomic mass is 10.2. The second-order valence-electron chi connectivity index (χ2n) is 5.77. The molecule has 4 rings (SSSR count). The molecule has 4 heterocycles. The second kappa shape index (κ2) is 6.49. The van der Waals surface area contributed by atoms with Gasteiger partial charge in [-0.25, -0.2) is 18.9 Å². The molecule has 0 atom stereocenters. The van der Waals surface area contributed by atoms with Gasteiger partial charge in [0.15, 0.2) is 17.8 Å². The fraction of sp³-hybridized carbons (Fsp3) is 0.375. The summed E-state index contributed by atoms with van der Waals surface area (Å²) in [4.78, 5) is 12.7. The molecule has 0 aromatic carbocycles. The highest BCUT2D eigenvalue weighted by Gasteiger charge is 2.21. The average Bonchev–Trinajstić information content (AvgIpc) is 3.29. The molecule has 0 radical (unpaired) electrons. The molecule has 1 aliphatic heterocycles. The molecule has 0 aliphatic carbocycles. The van der Waals surface area contributed by atoms with Crippen molar-refractivity contribution >= 4 is 11.5 Å². The summed E-state index contributed by atoms with van der Waals surface area (Å²) in [6, 6.07) is 4.03. The minimum absolute atomic E-state index is 0.323. The van der Waals surface area contributed by atoms with Gasteiger partial charge < -0.3 is 9.32 Å². The van der Waals surface area contributed by atoms with Gasteiger partial charge in [-0.05, 0) is 6.07 Å². The lowest BCUT2D eigenvalue weighted by molar-refractivity contribution is 0.235. The molecule has 1 aliphatic rings. The summed E-state index contributed by atoms with van der Waals surface area (Å²) in [5.74, 6) is 1.22. The normalized spacial score (nSPS) is 15.6. The van der Waals surface area contributed by atoms with Crippen LogP contribution in [0.5, 0.6) is 0 Å². The molecule has 1 saturated heterocycles. The molecule has 9 heteroatoms. The predicted octanol–water partition coefficient (Wildman–Crippen LogP) is 1.35. The van der Waals surface area contributed by atoms with Crippen molar-refractivity contribution in [2.24, 2.45) is 0 Å². The lowest BCUT2D eigenvalue weighted by Crippen LogP contribution is -2.47. The van der Waals surface area contributed by atoms with Crippen LogP contribution in [0.2, 0.25) is 0 Å². The van der Waals surface area contributed by atoms with Gasteiger partial charge in [-0.3, -0.25) is 4.90 Å². The molecule has 0 N–H and O–H groups in total. The van der Waals surface area contributed by atoms with Gasteiger partial charge in [0.1, 0.15) is 29.8 Å². The predicted molar refractivity (Wildman–Crippen MR) is 87.8 cm³/mol. The molecule has 0 saturated carbocycles. The van der Waals surface area contributed by atoms with Crippen LogP contribution in [-0.4, -0.2) is 63.9 Å². The van der Waals surface area contributed by atoms with E-state index in [2.05, 4.69) is 30.9 Å². The Balaban J connectivity index is 1.66. The fourth-order valence-electron chi connectivity index (χ4n) is 3.02. The van der Waals surface area contributed by atoms with Crippen molar-refractivity contribution < 1.29 is 8.81 Å². The van der Waals surface area contributed by atoms with E-state index in [-0.39, 0.29) is 6.67 Å². The van der Waals surface area contributed by atoms with E-state index in [0.29, 0.717) is 29.2 Å². The van der Waals surface area contributed by atoms with Crippen LogP contribution in [0.25, 0.3) is 17.1 Å². The zero-order chi connectivity index (χ0) is 17.2. The highest BCUT2D eigenvalue weighted by atomic mass is 19.1. The van der Waals surface area contributed by atoms with Gasteiger partial charge in [0.2, 0.25) is 0 Å². The molecule has 0 bridgehead atoms. The van der Waals surface area contributed by atoms with E-state index in [1.54, 1.807) is 10.7 Å². The number of halogens is 1. The van der Waals surface area contributed by atoms with Gasteiger partial charge >= 0.3 is 0 Å². The number of hydrogen-bond donors (Lipinski definition) is 0. The van der Waals surface area contributed by atoms with Crippen LogP contribution in [0.1, 0.15) is 5.56 Å². The molecular formula is C16H16FN7O. The minimum Gasteiger partial charge on any atom is -0.442 e.